The highest BCUT2D eigenvalue weighted by Crippen LogP contribution is 2.25. The van der Waals surface area contributed by atoms with Crippen LogP contribution in [0.4, 0.5) is 0 Å². The van der Waals surface area contributed by atoms with Crippen molar-refractivity contribution >= 4 is 33.4 Å². The minimum Gasteiger partial charge on any atom is -0.488 e. The fourth-order valence-corrected chi connectivity index (χ4v) is 2.20. The third-order valence-corrected chi connectivity index (χ3v) is 3.53. The van der Waals surface area contributed by atoms with Crippen LogP contribution in [-0.2, 0) is 6.61 Å². The smallest absolute Gasteiger partial charge is 0.173 e. The summed E-state index contributed by atoms with van der Waals surface area (Å²) in [4.78, 5) is 0. The normalized spacial score (nSPS) is 11.4. The summed E-state index contributed by atoms with van der Waals surface area (Å²) in [5.74, 6) is 0.504. The molecule has 104 valence electrons. The molecule has 20 heavy (non-hydrogen) atoms. The number of hydrogen-bond acceptors (Lipinski definition) is 3. The van der Waals surface area contributed by atoms with Crippen LogP contribution in [0.5, 0.6) is 5.75 Å². The van der Waals surface area contributed by atoms with E-state index < -0.39 is 0 Å². The van der Waals surface area contributed by atoms with Crippen molar-refractivity contribution in [3.63, 3.8) is 0 Å². The molecule has 0 aliphatic heterocycles. The molecule has 0 aliphatic rings. The van der Waals surface area contributed by atoms with Gasteiger partial charge in [-0.05, 0) is 24.3 Å². The van der Waals surface area contributed by atoms with Crippen molar-refractivity contribution in [2.75, 3.05) is 0 Å². The van der Waals surface area contributed by atoms with Gasteiger partial charge in [-0.15, -0.1) is 0 Å². The summed E-state index contributed by atoms with van der Waals surface area (Å²) in [5.41, 5.74) is 7.01. The summed E-state index contributed by atoms with van der Waals surface area (Å²) in [7, 11) is 0. The Hall–Kier alpha value is -1.72. The van der Waals surface area contributed by atoms with Gasteiger partial charge in [-0.2, -0.15) is 0 Å². The third kappa shape index (κ3) is 3.43. The SMILES string of the molecule is N/C(=N/O)c1cc(Br)ccc1OCc1ccccc1Cl. The predicted molar refractivity (Wildman–Crippen MR) is 82.4 cm³/mol. The van der Waals surface area contributed by atoms with Crippen molar-refractivity contribution < 1.29 is 9.94 Å². The zero-order valence-electron chi connectivity index (χ0n) is 10.4. The summed E-state index contributed by atoms with van der Waals surface area (Å²) < 4.78 is 6.51. The largest absolute Gasteiger partial charge is 0.488 e. The number of halogens is 2. The minimum atomic E-state index is -0.0135. The zero-order chi connectivity index (χ0) is 14.5. The van der Waals surface area contributed by atoms with E-state index in [4.69, 9.17) is 27.3 Å². The number of benzene rings is 2. The van der Waals surface area contributed by atoms with E-state index in [9.17, 15) is 0 Å². The minimum absolute atomic E-state index is 0.0135. The Kier molecular flexibility index (Phi) is 4.87. The Bertz CT molecular complexity index is 647. The molecule has 2 rings (SSSR count). The zero-order valence-corrected chi connectivity index (χ0v) is 12.7. The highest BCUT2D eigenvalue weighted by molar-refractivity contribution is 9.10. The van der Waals surface area contributed by atoms with E-state index in [1.54, 1.807) is 18.2 Å². The average molecular weight is 356 g/mol. The van der Waals surface area contributed by atoms with E-state index in [2.05, 4.69) is 21.1 Å². The number of rotatable bonds is 4. The van der Waals surface area contributed by atoms with Crippen molar-refractivity contribution in [3.8, 4) is 5.75 Å². The van der Waals surface area contributed by atoms with Gasteiger partial charge in [0.15, 0.2) is 5.84 Å². The molecule has 0 unspecified atom stereocenters. The molecule has 0 spiro atoms. The number of hydrogen-bond donors (Lipinski definition) is 2. The average Bonchev–Trinajstić information content (AvgIpc) is 2.46. The third-order valence-electron chi connectivity index (χ3n) is 2.67. The van der Waals surface area contributed by atoms with Gasteiger partial charge in [0.2, 0.25) is 0 Å². The van der Waals surface area contributed by atoms with Gasteiger partial charge in [0.1, 0.15) is 12.4 Å². The summed E-state index contributed by atoms with van der Waals surface area (Å²) in [5, 5.41) is 12.4. The molecule has 6 heteroatoms. The molecule has 0 saturated carbocycles. The maximum absolute atomic E-state index is 8.80. The lowest BCUT2D eigenvalue weighted by Gasteiger charge is -2.12. The van der Waals surface area contributed by atoms with Gasteiger partial charge >= 0.3 is 0 Å². The molecule has 0 saturated heterocycles. The van der Waals surface area contributed by atoms with Crippen LogP contribution in [0, 0.1) is 0 Å². The van der Waals surface area contributed by atoms with Crippen LogP contribution in [0.25, 0.3) is 0 Å². The first-order chi connectivity index (χ1) is 9.61. The predicted octanol–water partition coefficient (Wildman–Crippen LogP) is 3.78. The molecule has 0 bridgehead atoms. The highest BCUT2D eigenvalue weighted by atomic mass is 79.9. The van der Waals surface area contributed by atoms with E-state index >= 15 is 0 Å². The molecule has 0 radical (unpaired) electrons. The Morgan fingerprint density at radius 1 is 1.30 bits per heavy atom. The topological polar surface area (TPSA) is 67.8 Å². The van der Waals surface area contributed by atoms with E-state index in [0.717, 1.165) is 10.0 Å². The molecule has 2 aromatic rings. The summed E-state index contributed by atoms with van der Waals surface area (Å²) in [6.45, 7) is 0.299. The second-order valence-electron chi connectivity index (χ2n) is 4.01. The summed E-state index contributed by atoms with van der Waals surface area (Å²) >= 11 is 9.40. The lowest BCUT2D eigenvalue weighted by molar-refractivity contribution is 0.303. The quantitative estimate of drug-likeness (QED) is 0.379. The second kappa shape index (κ2) is 6.63. The lowest BCUT2D eigenvalue weighted by Crippen LogP contribution is -2.15. The number of oxime groups is 1. The fraction of sp³-hybridized carbons (Fsp3) is 0.0714. The van der Waals surface area contributed by atoms with Crippen LogP contribution in [-0.4, -0.2) is 11.0 Å². The van der Waals surface area contributed by atoms with E-state index in [1.165, 1.54) is 0 Å². The molecule has 2 aromatic carbocycles. The van der Waals surface area contributed by atoms with Gasteiger partial charge in [0, 0.05) is 15.1 Å². The lowest BCUT2D eigenvalue weighted by atomic mass is 10.2. The van der Waals surface area contributed by atoms with Crippen molar-refractivity contribution in [2.24, 2.45) is 10.9 Å². The van der Waals surface area contributed by atoms with Crippen LogP contribution in [0.15, 0.2) is 52.1 Å². The van der Waals surface area contributed by atoms with Crippen LogP contribution in [0.1, 0.15) is 11.1 Å². The molecular formula is C14H12BrClN2O2. The Labute approximate surface area is 129 Å². The molecule has 0 fully saturated rings. The van der Waals surface area contributed by atoms with Gasteiger partial charge in [-0.1, -0.05) is 50.9 Å². The Morgan fingerprint density at radius 3 is 2.75 bits per heavy atom. The Balaban J connectivity index is 2.24. The first-order valence-electron chi connectivity index (χ1n) is 5.75. The summed E-state index contributed by atoms with van der Waals surface area (Å²) in [6.07, 6.45) is 0. The Morgan fingerprint density at radius 2 is 2.05 bits per heavy atom. The first-order valence-corrected chi connectivity index (χ1v) is 6.92. The van der Waals surface area contributed by atoms with Gasteiger partial charge < -0.3 is 15.7 Å². The van der Waals surface area contributed by atoms with E-state index in [1.807, 2.05) is 24.3 Å². The molecule has 4 nitrogen and oxygen atoms in total. The molecule has 0 heterocycles. The standard InChI is InChI=1S/C14H12BrClN2O2/c15-10-5-6-13(11(7-10)14(17)18-19)20-8-9-3-1-2-4-12(9)16/h1-7,19H,8H2,(H2,17,18). The molecule has 0 aromatic heterocycles. The number of ether oxygens (including phenoxy) is 1. The van der Waals surface area contributed by atoms with Crippen LogP contribution in [0.3, 0.4) is 0 Å². The second-order valence-corrected chi connectivity index (χ2v) is 5.33. The van der Waals surface area contributed by atoms with E-state index in [-0.39, 0.29) is 5.84 Å². The van der Waals surface area contributed by atoms with E-state index in [0.29, 0.717) is 22.9 Å². The van der Waals surface area contributed by atoms with Gasteiger partial charge in [0.05, 0.1) is 5.56 Å². The van der Waals surface area contributed by atoms with Gasteiger partial charge in [0.25, 0.3) is 0 Å². The van der Waals surface area contributed by atoms with Crippen molar-refractivity contribution in [3.05, 3.63) is 63.1 Å². The maximum Gasteiger partial charge on any atom is 0.173 e. The van der Waals surface area contributed by atoms with Gasteiger partial charge in [-0.25, -0.2) is 0 Å². The number of nitrogens with zero attached hydrogens (tertiary/aromatic N) is 1. The number of amidine groups is 1. The van der Waals surface area contributed by atoms with Crippen molar-refractivity contribution in [1.82, 2.24) is 0 Å². The van der Waals surface area contributed by atoms with Crippen LogP contribution in [0.2, 0.25) is 5.02 Å². The summed E-state index contributed by atoms with van der Waals surface area (Å²) in [6, 6.07) is 12.7. The molecular weight excluding hydrogens is 344 g/mol. The van der Waals surface area contributed by atoms with Crippen LogP contribution < -0.4 is 10.5 Å². The van der Waals surface area contributed by atoms with Gasteiger partial charge in [-0.3, -0.25) is 0 Å². The fourth-order valence-electron chi connectivity index (χ4n) is 1.65. The monoisotopic (exact) mass is 354 g/mol. The van der Waals surface area contributed by atoms with Crippen molar-refractivity contribution in [2.45, 2.75) is 6.61 Å². The molecule has 0 aliphatic carbocycles. The highest BCUT2D eigenvalue weighted by Gasteiger charge is 2.10. The molecule has 0 amide bonds. The molecule has 0 atom stereocenters. The molecule has 3 N–H and O–H groups in total. The van der Waals surface area contributed by atoms with Crippen LogP contribution >= 0.6 is 27.5 Å². The maximum atomic E-state index is 8.80. The first kappa shape index (κ1) is 14.7. The van der Waals surface area contributed by atoms with Crippen molar-refractivity contribution in [1.29, 1.82) is 0 Å². The number of nitrogens with two attached hydrogens (primary N) is 1.